The summed E-state index contributed by atoms with van der Waals surface area (Å²) in [4.78, 5) is 18.9. The second-order valence-corrected chi connectivity index (χ2v) is 7.72. The first kappa shape index (κ1) is 18.7. The number of carboxylic acids is 1. The Bertz CT molecular complexity index is 1130. The fourth-order valence-electron chi connectivity index (χ4n) is 4.21. The Hall–Kier alpha value is -3.26. The molecular formula is C22H23N3O5. The third-order valence-electron chi connectivity index (χ3n) is 5.95. The van der Waals surface area contributed by atoms with Crippen LogP contribution in [-0.4, -0.2) is 59.1 Å². The summed E-state index contributed by atoms with van der Waals surface area (Å²) in [6, 6.07) is 9.45. The van der Waals surface area contributed by atoms with Crippen molar-refractivity contribution < 1.29 is 24.5 Å². The number of carbonyl (C=O) groups is 1. The van der Waals surface area contributed by atoms with Crippen LogP contribution in [0.15, 0.2) is 30.3 Å². The molecule has 0 bridgehead atoms. The molecule has 2 aromatic carbocycles. The summed E-state index contributed by atoms with van der Waals surface area (Å²) in [7, 11) is 1.40. The van der Waals surface area contributed by atoms with Gasteiger partial charge in [-0.1, -0.05) is 0 Å². The SMILES string of the molecule is COc1cc(-c2nc3cc(N4CCC4)ccc3n2C2CCOC2)cc(C(=O)O)c1O. The summed E-state index contributed by atoms with van der Waals surface area (Å²) in [5, 5.41) is 19.8. The van der Waals surface area contributed by atoms with Gasteiger partial charge in [-0.2, -0.15) is 0 Å². The average Bonchev–Trinajstić information content (AvgIpc) is 3.33. The van der Waals surface area contributed by atoms with Crippen LogP contribution < -0.4 is 9.64 Å². The lowest BCUT2D eigenvalue weighted by Gasteiger charge is -2.33. The number of aromatic nitrogens is 2. The number of ether oxygens (including phenoxy) is 2. The number of carboxylic acid groups (broad SMARTS) is 1. The van der Waals surface area contributed by atoms with Crippen molar-refractivity contribution in [1.82, 2.24) is 9.55 Å². The zero-order chi connectivity index (χ0) is 20.8. The third-order valence-corrected chi connectivity index (χ3v) is 5.95. The van der Waals surface area contributed by atoms with E-state index >= 15 is 0 Å². The molecule has 156 valence electrons. The quantitative estimate of drug-likeness (QED) is 0.667. The fraction of sp³-hybridized carbons (Fsp3) is 0.364. The Morgan fingerprint density at radius 3 is 2.73 bits per heavy atom. The van der Waals surface area contributed by atoms with Crippen LogP contribution in [0.3, 0.4) is 0 Å². The van der Waals surface area contributed by atoms with Gasteiger partial charge in [-0.05, 0) is 43.2 Å². The van der Waals surface area contributed by atoms with Gasteiger partial charge in [0.15, 0.2) is 11.5 Å². The van der Waals surface area contributed by atoms with Gasteiger partial charge < -0.3 is 29.2 Å². The molecule has 2 saturated heterocycles. The molecule has 2 aliphatic heterocycles. The first-order valence-electron chi connectivity index (χ1n) is 10.1. The molecule has 0 spiro atoms. The van der Waals surface area contributed by atoms with Gasteiger partial charge in [0, 0.05) is 30.9 Å². The minimum atomic E-state index is -1.22. The summed E-state index contributed by atoms with van der Waals surface area (Å²) in [5.41, 5.74) is 3.34. The molecule has 2 N–H and O–H groups in total. The van der Waals surface area contributed by atoms with E-state index in [1.165, 1.54) is 19.6 Å². The van der Waals surface area contributed by atoms with E-state index in [1.807, 2.05) is 0 Å². The number of methoxy groups -OCH3 is 1. The molecule has 0 amide bonds. The first-order valence-corrected chi connectivity index (χ1v) is 10.1. The minimum absolute atomic E-state index is 0.104. The monoisotopic (exact) mass is 409 g/mol. The number of aromatic hydroxyl groups is 1. The van der Waals surface area contributed by atoms with Crippen LogP contribution in [0, 0.1) is 0 Å². The first-order chi connectivity index (χ1) is 14.6. The fourth-order valence-corrected chi connectivity index (χ4v) is 4.21. The summed E-state index contributed by atoms with van der Waals surface area (Å²) in [6.07, 6.45) is 2.05. The Kier molecular flexibility index (Phi) is 4.51. The van der Waals surface area contributed by atoms with E-state index in [9.17, 15) is 15.0 Å². The van der Waals surface area contributed by atoms with Crippen molar-refractivity contribution in [3.63, 3.8) is 0 Å². The topological polar surface area (TPSA) is 97.0 Å². The molecule has 0 saturated carbocycles. The highest BCUT2D eigenvalue weighted by molar-refractivity contribution is 5.94. The molecule has 1 unspecified atom stereocenters. The maximum atomic E-state index is 11.7. The highest BCUT2D eigenvalue weighted by Crippen LogP contribution is 2.39. The molecule has 5 rings (SSSR count). The summed E-state index contributed by atoms with van der Waals surface area (Å²) < 4.78 is 13.0. The number of anilines is 1. The van der Waals surface area contributed by atoms with Crippen LogP contribution in [0.1, 0.15) is 29.2 Å². The van der Waals surface area contributed by atoms with Crippen LogP contribution in [-0.2, 0) is 4.74 Å². The molecule has 3 heterocycles. The van der Waals surface area contributed by atoms with Crippen molar-refractivity contribution in [3.8, 4) is 22.9 Å². The number of aromatic carboxylic acids is 1. The van der Waals surface area contributed by atoms with Gasteiger partial charge >= 0.3 is 5.97 Å². The molecule has 30 heavy (non-hydrogen) atoms. The van der Waals surface area contributed by atoms with Crippen LogP contribution in [0.5, 0.6) is 11.5 Å². The molecule has 0 radical (unpaired) electrons. The maximum Gasteiger partial charge on any atom is 0.339 e. The van der Waals surface area contributed by atoms with Crippen molar-refractivity contribution in [2.24, 2.45) is 0 Å². The van der Waals surface area contributed by atoms with Gasteiger partial charge in [0.2, 0.25) is 0 Å². The molecule has 8 heteroatoms. The number of rotatable bonds is 5. The summed E-state index contributed by atoms with van der Waals surface area (Å²) >= 11 is 0. The molecule has 8 nitrogen and oxygen atoms in total. The normalized spacial score (nSPS) is 18.6. The molecule has 3 aromatic rings. The van der Waals surface area contributed by atoms with Gasteiger partial charge in [-0.3, -0.25) is 0 Å². The zero-order valence-corrected chi connectivity index (χ0v) is 16.7. The molecule has 2 aliphatic rings. The summed E-state index contributed by atoms with van der Waals surface area (Å²) in [6.45, 7) is 3.35. The van der Waals surface area contributed by atoms with Gasteiger partial charge in [0.05, 0.1) is 30.8 Å². The molecule has 0 aliphatic carbocycles. The van der Waals surface area contributed by atoms with E-state index < -0.39 is 5.97 Å². The van der Waals surface area contributed by atoms with E-state index in [2.05, 4.69) is 27.7 Å². The maximum absolute atomic E-state index is 11.7. The average molecular weight is 409 g/mol. The van der Waals surface area contributed by atoms with Gasteiger partial charge in [0.25, 0.3) is 0 Å². The Labute approximate surface area is 173 Å². The predicted molar refractivity (Wildman–Crippen MR) is 112 cm³/mol. The standard InChI is InChI=1S/C22H23N3O5/c1-29-19-10-13(9-16(20(19)26)22(27)28)21-23-17-11-14(24-6-2-7-24)3-4-18(17)25(21)15-5-8-30-12-15/h3-4,9-11,15,26H,2,5-8,12H2,1H3,(H,27,28). The number of nitrogens with zero attached hydrogens (tertiary/aromatic N) is 3. The molecule has 2 fully saturated rings. The van der Waals surface area contributed by atoms with Crippen molar-refractivity contribution >= 4 is 22.7 Å². The van der Waals surface area contributed by atoms with E-state index in [-0.39, 0.29) is 23.1 Å². The number of imidazole rings is 1. The lowest BCUT2D eigenvalue weighted by molar-refractivity contribution is 0.0693. The van der Waals surface area contributed by atoms with E-state index in [4.69, 9.17) is 14.5 Å². The minimum Gasteiger partial charge on any atom is -0.504 e. The smallest absolute Gasteiger partial charge is 0.339 e. The van der Waals surface area contributed by atoms with Gasteiger partial charge in [-0.25, -0.2) is 9.78 Å². The number of phenols is 1. The van der Waals surface area contributed by atoms with Crippen LogP contribution in [0.25, 0.3) is 22.4 Å². The second-order valence-electron chi connectivity index (χ2n) is 7.72. The molecule has 1 atom stereocenters. The van der Waals surface area contributed by atoms with E-state index in [0.717, 1.165) is 36.2 Å². The Balaban J connectivity index is 1.72. The van der Waals surface area contributed by atoms with Crippen molar-refractivity contribution in [1.29, 1.82) is 0 Å². The van der Waals surface area contributed by atoms with Crippen LogP contribution >= 0.6 is 0 Å². The molecular weight excluding hydrogens is 386 g/mol. The second kappa shape index (κ2) is 7.21. The molecule has 1 aromatic heterocycles. The Morgan fingerprint density at radius 2 is 2.10 bits per heavy atom. The lowest BCUT2D eigenvalue weighted by atomic mass is 10.1. The highest BCUT2D eigenvalue weighted by Gasteiger charge is 2.27. The zero-order valence-electron chi connectivity index (χ0n) is 16.7. The number of hydrogen-bond donors (Lipinski definition) is 2. The van der Waals surface area contributed by atoms with Crippen molar-refractivity contribution in [2.75, 3.05) is 38.3 Å². The van der Waals surface area contributed by atoms with Crippen molar-refractivity contribution in [3.05, 3.63) is 35.9 Å². The van der Waals surface area contributed by atoms with E-state index in [0.29, 0.717) is 24.6 Å². The van der Waals surface area contributed by atoms with Crippen LogP contribution in [0.2, 0.25) is 0 Å². The third kappa shape index (κ3) is 2.95. The van der Waals surface area contributed by atoms with Crippen molar-refractivity contribution in [2.45, 2.75) is 18.9 Å². The Morgan fingerprint density at radius 1 is 1.27 bits per heavy atom. The van der Waals surface area contributed by atoms with Gasteiger partial charge in [-0.15, -0.1) is 0 Å². The highest BCUT2D eigenvalue weighted by atomic mass is 16.5. The number of benzene rings is 2. The lowest BCUT2D eigenvalue weighted by Crippen LogP contribution is -2.36. The number of hydrogen-bond acceptors (Lipinski definition) is 6. The predicted octanol–water partition coefficient (Wildman–Crippen LogP) is 3.29. The number of fused-ring (bicyclic) bond motifs is 1. The van der Waals surface area contributed by atoms with E-state index in [1.54, 1.807) is 6.07 Å². The largest absolute Gasteiger partial charge is 0.504 e. The van der Waals surface area contributed by atoms with Crippen LogP contribution in [0.4, 0.5) is 5.69 Å². The summed E-state index contributed by atoms with van der Waals surface area (Å²) in [5.74, 6) is -0.866. The van der Waals surface area contributed by atoms with Gasteiger partial charge in [0.1, 0.15) is 11.4 Å².